The molecule has 2 heterocycles. The fourth-order valence-corrected chi connectivity index (χ4v) is 4.16. The SMILES string of the molecule is CSc1ccc(-c2ccc(-c3cc(=O)oc4ccccc34)s2)cc1. The van der Waals surface area contributed by atoms with Gasteiger partial charge >= 0.3 is 5.63 Å². The van der Waals surface area contributed by atoms with Crippen molar-refractivity contribution in [1.82, 2.24) is 0 Å². The van der Waals surface area contributed by atoms with Gasteiger partial charge in [-0.3, -0.25) is 0 Å². The highest BCUT2D eigenvalue weighted by molar-refractivity contribution is 7.98. The molecule has 0 spiro atoms. The van der Waals surface area contributed by atoms with E-state index in [1.54, 1.807) is 29.2 Å². The average molecular weight is 350 g/mol. The van der Waals surface area contributed by atoms with E-state index >= 15 is 0 Å². The fraction of sp³-hybridized carbons (Fsp3) is 0.0500. The number of fused-ring (bicyclic) bond motifs is 1. The molecule has 0 saturated heterocycles. The van der Waals surface area contributed by atoms with Crippen LogP contribution in [0, 0.1) is 0 Å². The quantitative estimate of drug-likeness (QED) is 0.340. The summed E-state index contributed by atoms with van der Waals surface area (Å²) in [5.74, 6) is 0. The number of thiophene rings is 1. The Bertz CT molecular complexity index is 1060. The first kappa shape index (κ1) is 15.2. The van der Waals surface area contributed by atoms with Crippen LogP contribution in [0.4, 0.5) is 0 Å². The molecule has 0 bridgehead atoms. The van der Waals surface area contributed by atoms with Crippen LogP contribution in [0.1, 0.15) is 0 Å². The van der Waals surface area contributed by atoms with E-state index in [1.165, 1.54) is 15.3 Å². The minimum atomic E-state index is -0.317. The second kappa shape index (κ2) is 6.30. The van der Waals surface area contributed by atoms with Crippen molar-refractivity contribution in [2.24, 2.45) is 0 Å². The van der Waals surface area contributed by atoms with Crippen LogP contribution in [-0.2, 0) is 0 Å². The van der Waals surface area contributed by atoms with Gasteiger partial charge in [0, 0.05) is 31.7 Å². The number of thioether (sulfide) groups is 1. The van der Waals surface area contributed by atoms with Gasteiger partial charge in [0.1, 0.15) is 5.58 Å². The molecule has 0 aliphatic rings. The second-order valence-electron chi connectivity index (χ2n) is 5.37. The summed E-state index contributed by atoms with van der Waals surface area (Å²) in [6, 6.07) is 21.9. The lowest BCUT2D eigenvalue weighted by atomic mass is 10.1. The Labute approximate surface area is 147 Å². The molecule has 0 N–H and O–H groups in total. The summed E-state index contributed by atoms with van der Waals surface area (Å²) in [6.07, 6.45) is 2.07. The first-order chi connectivity index (χ1) is 11.7. The van der Waals surface area contributed by atoms with Crippen LogP contribution >= 0.6 is 23.1 Å². The molecule has 2 aromatic carbocycles. The molecule has 0 aliphatic heterocycles. The van der Waals surface area contributed by atoms with Gasteiger partial charge in [-0.25, -0.2) is 4.79 Å². The third-order valence-corrected chi connectivity index (χ3v) is 5.81. The van der Waals surface area contributed by atoms with Crippen molar-refractivity contribution in [3.8, 4) is 20.9 Å². The summed E-state index contributed by atoms with van der Waals surface area (Å²) in [4.78, 5) is 15.4. The first-order valence-electron chi connectivity index (χ1n) is 7.52. The number of hydrogen-bond donors (Lipinski definition) is 0. The third kappa shape index (κ3) is 2.79. The van der Waals surface area contributed by atoms with Crippen LogP contribution in [-0.4, -0.2) is 6.26 Å². The molecule has 0 aliphatic carbocycles. The monoisotopic (exact) mass is 350 g/mol. The minimum absolute atomic E-state index is 0.317. The molecule has 0 radical (unpaired) electrons. The van der Waals surface area contributed by atoms with Gasteiger partial charge in [-0.2, -0.15) is 0 Å². The smallest absolute Gasteiger partial charge is 0.336 e. The Morgan fingerprint density at radius 3 is 2.46 bits per heavy atom. The zero-order valence-corrected chi connectivity index (χ0v) is 14.6. The van der Waals surface area contributed by atoms with Crippen molar-refractivity contribution in [3.05, 3.63) is 77.2 Å². The van der Waals surface area contributed by atoms with E-state index in [9.17, 15) is 4.79 Å². The van der Waals surface area contributed by atoms with Crippen LogP contribution in [0.5, 0.6) is 0 Å². The van der Waals surface area contributed by atoms with Crippen molar-refractivity contribution < 1.29 is 4.42 Å². The number of rotatable bonds is 3. The molecule has 2 nitrogen and oxygen atoms in total. The van der Waals surface area contributed by atoms with Crippen LogP contribution in [0.2, 0.25) is 0 Å². The zero-order valence-electron chi connectivity index (χ0n) is 13.0. The minimum Gasteiger partial charge on any atom is -0.423 e. The van der Waals surface area contributed by atoms with Crippen LogP contribution in [0.15, 0.2) is 80.8 Å². The van der Waals surface area contributed by atoms with Crippen molar-refractivity contribution in [2.45, 2.75) is 4.90 Å². The summed E-state index contributed by atoms with van der Waals surface area (Å²) >= 11 is 3.42. The van der Waals surface area contributed by atoms with E-state index in [2.05, 4.69) is 42.7 Å². The van der Waals surface area contributed by atoms with E-state index in [0.717, 1.165) is 15.8 Å². The Balaban J connectivity index is 1.81. The number of benzene rings is 2. The molecule has 4 aromatic rings. The Kier molecular flexibility index (Phi) is 4.00. The first-order valence-corrected chi connectivity index (χ1v) is 9.56. The topological polar surface area (TPSA) is 30.2 Å². The molecule has 24 heavy (non-hydrogen) atoms. The van der Waals surface area contributed by atoms with Crippen LogP contribution in [0.25, 0.3) is 31.9 Å². The molecule has 0 fully saturated rings. The van der Waals surface area contributed by atoms with E-state index in [4.69, 9.17) is 4.42 Å². The predicted molar refractivity (Wildman–Crippen MR) is 103 cm³/mol. The second-order valence-corrected chi connectivity index (χ2v) is 7.33. The van der Waals surface area contributed by atoms with Gasteiger partial charge in [0.15, 0.2) is 0 Å². The van der Waals surface area contributed by atoms with Gasteiger partial charge in [0.05, 0.1) is 0 Å². The lowest BCUT2D eigenvalue weighted by Gasteiger charge is -2.03. The van der Waals surface area contributed by atoms with Gasteiger partial charge in [-0.1, -0.05) is 30.3 Å². The number of hydrogen-bond acceptors (Lipinski definition) is 4. The molecular formula is C20H14O2S2. The molecule has 0 saturated carbocycles. The van der Waals surface area contributed by atoms with Gasteiger partial charge in [-0.15, -0.1) is 23.1 Å². The Hall–Kier alpha value is -2.30. The van der Waals surface area contributed by atoms with Gasteiger partial charge in [-0.05, 0) is 42.2 Å². The van der Waals surface area contributed by atoms with Crippen molar-refractivity contribution >= 4 is 34.1 Å². The largest absolute Gasteiger partial charge is 0.423 e. The zero-order chi connectivity index (χ0) is 16.5. The van der Waals surface area contributed by atoms with Crippen molar-refractivity contribution in [3.63, 3.8) is 0 Å². The Morgan fingerprint density at radius 1 is 0.917 bits per heavy atom. The lowest BCUT2D eigenvalue weighted by molar-refractivity contribution is 0.561. The third-order valence-electron chi connectivity index (χ3n) is 3.90. The predicted octanol–water partition coefficient (Wildman–Crippen LogP) is 5.91. The maximum atomic E-state index is 11.9. The van der Waals surface area contributed by atoms with Gasteiger partial charge in [0.2, 0.25) is 0 Å². The standard InChI is InChI=1S/C20H14O2S2/c1-23-14-8-6-13(7-9-14)18-10-11-19(24-18)16-12-20(21)22-17-5-3-2-4-15(16)17/h2-12H,1H3. The molecular weight excluding hydrogens is 336 g/mol. The maximum Gasteiger partial charge on any atom is 0.336 e. The molecule has 4 rings (SSSR count). The average Bonchev–Trinajstić information content (AvgIpc) is 3.11. The highest BCUT2D eigenvalue weighted by atomic mass is 32.2. The summed E-state index contributed by atoms with van der Waals surface area (Å²) in [6.45, 7) is 0. The Morgan fingerprint density at radius 2 is 1.67 bits per heavy atom. The normalized spacial score (nSPS) is 11.0. The molecule has 0 amide bonds. The van der Waals surface area contributed by atoms with E-state index in [0.29, 0.717) is 5.58 Å². The molecule has 0 atom stereocenters. The fourth-order valence-electron chi connectivity index (χ4n) is 2.71. The van der Waals surface area contributed by atoms with Crippen molar-refractivity contribution in [1.29, 1.82) is 0 Å². The maximum absolute atomic E-state index is 11.9. The highest BCUT2D eigenvalue weighted by Gasteiger charge is 2.10. The summed E-state index contributed by atoms with van der Waals surface area (Å²) in [5, 5.41) is 0.961. The number of para-hydroxylation sites is 1. The van der Waals surface area contributed by atoms with Gasteiger partial charge < -0.3 is 4.42 Å². The molecule has 0 unspecified atom stereocenters. The van der Waals surface area contributed by atoms with Crippen LogP contribution < -0.4 is 5.63 Å². The van der Waals surface area contributed by atoms with E-state index in [1.807, 2.05) is 24.3 Å². The summed E-state index contributed by atoms with van der Waals surface area (Å²) in [5.41, 5.74) is 2.43. The highest BCUT2D eigenvalue weighted by Crippen LogP contribution is 2.37. The molecule has 4 heteroatoms. The molecule has 118 valence electrons. The van der Waals surface area contributed by atoms with Crippen LogP contribution in [0.3, 0.4) is 0 Å². The van der Waals surface area contributed by atoms with Gasteiger partial charge in [0.25, 0.3) is 0 Å². The summed E-state index contributed by atoms with van der Waals surface area (Å²) < 4.78 is 5.29. The van der Waals surface area contributed by atoms with E-state index < -0.39 is 0 Å². The van der Waals surface area contributed by atoms with Crippen molar-refractivity contribution in [2.75, 3.05) is 6.26 Å². The molecule has 2 aromatic heterocycles. The van der Waals surface area contributed by atoms with E-state index in [-0.39, 0.29) is 5.63 Å². The lowest BCUT2D eigenvalue weighted by Crippen LogP contribution is -1.97. The summed E-state index contributed by atoms with van der Waals surface area (Å²) in [7, 11) is 0.